The quantitative estimate of drug-likeness (QED) is 0.253. The molecular weight excluding hydrogens is 412 g/mol. The van der Waals surface area contributed by atoms with E-state index in [0.29, 0.717) is 17.9 Å². The highest BCUT2D eigenvalue weighted by Crippen LogP contribution is 2.20. The smallest absolute Gasteiger partial charge is 0.338 e. The Hall–Kier alpha value is -2.06. The molecule has 0 bridgehead atoms. The lowest BCUT2D eigenvalue weighted by Crippen LogP contribution is -2.39. The summed E-state index contributed by atoms with van der Waals surface area (Å²) >= 11 is 0. The fourth-order valence-electron chi connectivity index (χ4n) is 3.31. The van der Waals surface area contributed by atoms with E-state index in [0.717, 1.165) is 11.1 Å². The second-order valence-corrected chi connectivity index (χ2v) is 8.52. The van der Waals surface area contributed by atoms with Crippen molar-refractivity contribution in [1.82, 2.24) is 0 Å². The molecule has 0 radical (unpaired) electrons. The molecule has 0 heterocycles. The van der Waals surface area contributed by atoms with Gasteiger partial charge in [0.25, 0.3) is 0 Å². The van der Waals surface area contributed by atoms with E-state index in [4.69, 9.17) is 9.84 Å². The van der Waals surface area contributed by atoms with Gasteiger partial charge in [-0.15, -0.1) is 0 Å². The fraction of sp³-hybridized carbons (Fsp3) is 0.600. The Bertz CT molecular complexity index is 752. The van der Waals surface area contributed by atoms with Crippen molar-refractivity contribution in [2.45, 2.75) is 77.6 Å². The number of benzene rings is 1. The van der Waals surface area contributed by atoms with Gasteiger partial charge in [-0.2, -0.15) is 0 Å². The summed E-state index contributed by atoms with van der Waals surface area (Å²) in [5, 5.41) is 39.2. The molecule has 4 N–H and O–H groups in total. The van der Waals surface area contributed by atoms with Crippen LogP contribution < -0.4 is 0 Å². The van der Waals surface area contributed by atoms with Crippen molar-refractivity contribution in [3.8, 4) is 0 Å². The molecular formula is C25H38O7. The van der Waals surface area contributed by atoms with E-state index in [9.17, 15) is 24.9 Å². The van der Waals surface area contributed by atoms with Crippen LogP contribution in [0.3, 0.4) is 0 Å². The normalized spacial score (nSPS) is 15.8. The van der Waals surface area contributed by atoms with Crippen LogP contribution in [0.5, 0.6) is 0 Å². The van der Waals surface area contributed by atoms with Gasteiger partial charge in [0, 0.05) is 38.4 Å². The average molecular weight is 451 g/mol. The maximum absolute atomic E-state index is 12.6. The van der Waals surface area contributed by atoms with Crippen LogP contribution in [0, 0.1) is 5.92 Å². The fourth-order valence-corrected chi connectivity index (χ4v) is 3.31. The minimum atomic E-state index is -1.78. The Morgan fingerprint density at radius 3 is 2.41 bits per heavy atom. The van der Waals surface area contributed by atoms with Crippen LogP contribution in [0.25, 0.3) is 0 Å². The standard InChI is InChI=1S/C25H38O7/c1-5-18(15-27)11-17(4)23(14-21(28)9-10-26)32-25(31)24(30)22(29)13-19-7-6-8-20(12-19)16(2)3/h6-8,11-12,16,18,22-24,26-27,29-30H,5,9-10,13-15H2,1-4H3. The number of rotatable bonds is 14. The molecule has 7 heteroatoms. The molecule has 1 aromatic carbocycles. The number of ether oxygens (including phenoxy) is 1. The third-order valence-corrected chi connectivity index (χ3v) is 5.50. The summed E-state index contributed by atoms with van der Waals surface area (Å²) in [7, 11) is 0. The maximum Gasteiger partial charge on any atom is 0.338 e. The molecule has 0 saturated carbocycles. The van der Waals surface area contributed by atoms with E-state index in [2.05, 4.69) is 13.8 Å². The first kappa shape index (κ1) is 28.0. The van der Waals surface area contributed by atoms with Crippen LogP contribution in [-0.2, 0) is 20.7 Å². The van der Waals surface area contributed by atoms with Crippen molar-refractivity contribution in [3.05, 3.63) is 47.0 Å². The molecule has 7 nitrogen and oxygen atoms in total. The minimum Gasteiger partial charge on any atom is -0.455 e. The van der Waals surface area contributed by atoms with Crippen molar-refractivity contribution in [2.75, 3.05) is 13.2 Å². The number of carbonyl (C=O) groups is 2. The van der Waals surface area contributed by atoms with Gasteiger partial charge in [0.15, 0.2) is 6.10 Å². The van der Waals surface area contributed by atoms with Gasteiger partial charge in [0.1, 0.15) is 11.9 Å². The van der Waals surface area contributed by atoms with Gasteiger partial charge < -0.3 is 25.2 Å². The molecule has 4 atom stereocenters. The van der Waals surface area contributed by atoms with Crippen LogP contribution in [-0.4, -0.2) is 63.7 Å². The average Bonchev–Trinajstić information content (AvgIpc) is 2.76. The van der Waals surface area contributed by atoms with Gasteiger partial charge in [-0.05, 0) is 36.0 Å². The highest BCUT2D eigenvalue weighted by Gasteiger charge is 2.30. The number of Topliss-reactive ketones (excluding diaryl/α,β-unsaturated/α-hetero) is 1. The highest BCUT2D eigenvalue weighted by molar-refractivity contribution is 5.80. The number of carbonyl (C=O) groups excluding carboxylic acids is 2. The Morgan fingerprint density at radius 1 is 1.16 bits per heavy atom. The largest absolute Gasteiger partial charge is 0.455 e. The van der Waals surface area contributed by atoms with Crippen molar-refractivity contribution in [2.24, 2.45) is 5.92 Å². The lowest BCUT2D eigenvalue weighted by molar-refractivity contribution is -0.164. The topological polar surface area (TPSA) is 124 Å². The SMILES string of the molecule is CCC(C=C(C)C(CC(=O)CCO)OC(=O)C(O)C(O)Cc1cccc(C(C)C)c1)CO. The zero-order chi connectivity index (χ0) is 24.3. The number of ketones is 1. The van der Waals surface area contributed by atoms with Gasteiger partial charge in [-0.25, -0.2) is 4.79 Å². The van der Waals surface area contributed by atoms with E-state index < -0.39 is 24.3 Å². The third kappa shape index (κ3) is 9.20. The Balaban J connectivity index is 2.92. The first-order valence-electron chi connectivity index (χ1n) is 11.2. The minimum absolute atomic E-state index is 0.0716. The molecule has 0 spiro atoms. The number of hydrogen-bond donors (Lipinski definition) is 4. The lowest BCUT2D eigenvalue weighted by atomic mass is 9.97. The van der Waals surface area contributed by atoms with Crippen molar-refractivity contribution in [3.63, 3.8) is 0 Å². The van der Waals surface area contributed by atoms with Crippen LogP contribution in [0.2, 0.25) is 0 Å². The zero-order valence-electron chi connectivity index (χ0n) is 19.5. The van der Waals surface area contributed by atoms with E-state index in [1.807, 2.05) is 31.2 Å². The molecule has 0 amide bonds. The Kier molecular flexibility index (Phi) is 12.4. The summed E-state index contributed by atoms with van der Waals surface area (Å²) in [6, 6.07) is 7.58. The number of esters is 1. The first-order chi connectivity index (χ1) is 15.1. The summed E-state index contributed by atoms with van der Waals surface area (Å²) < 4.78 is 5.40. The summed E-state index contributed by atoms with van der Waals surface area (Å²) in [6.45, 7) is 7.29. The molecule has 0 aliphatic carbocycles. The lowest BCUT2D eigenvalue weighted by Gasteiger charge is -2.23. The summed E-state index contributed by atoms with van der Waals surface area (Å²) in [6.07, 6.45) is -1.86. The van der Waals surface area contributed by atoms with E-state index in [-0.39, 0.29) is 44.2 Å². The highest BCUT2D eigenvalue weighted by atomic mass is 16.6. The molecule has 0 aromatic heterocycles. The van der Waals surface area contributed by atoms with Gasteiger partial charge in [-0.1, -0.05) is 51.1 Å². The molecule has 1 aromatic rings. The van der Waals surface area contributed by atoms with E-state index >= 15 is 0 Å². The molecule has 32 heavy (non-hydrogen) atoms. The van der Waals surface area contributed by atoms with Gasteiger partial charge in [-0.3, -0.25) is 4.79 Å². The van der Waals surface area contributed by atoms with Crippen LogP contribution in [0.4, 0.5) is 0 Å². The predicted octanol–water partition coefficient (Wildman–Crippen LogP) is 2.29. The molecule has 180 valence electrons. The number of hydrogen-bond acceptors (Lipinski definition) is 7. The second-order valence-electron chi connectivity index (χ2n) is 8.52. The predicted molar refractivity (Wildman–Crippen MR) is 122 cm³/mol. The Labute approximate surface area is 190 Å². The van der Waals surface area contributed by atoms with Crippen molar-refractivity contribution < 1.29 is 34.8 Å². The third-order valence-electron chi connectivity index (χ3n) is 5.50. The molecule has 0 saturated heterocycles. The van der Waals surface area contributed by atoms with Crippen LogP contribution >= 0.6 is 0 Å². The van der Waals surface area contributed by atoms with Crippen molar-refractivity contribution in [1.29, 1.82) is 0 Å². The van der Waals surface area contributed by atoms with Gasteiger partial charge in [0.2, 0.25) is 0 Å². The molecule has 0 fully saturated rings. The van der Waals surface area contributed by atoms with Crippen LogP contribution in [0.15, 0.2) is 35.9 Å². The second kappa shape index (κ2) is 14.2. The number of aliphatic hydroxyl groups excluding tert-OH is 4. The van der Waals surface area contributed by atoms with Crippen molar-refractivity contribution >= 4 is 11.8 Å². The molecule has 0 aliphatic heterocycles. The van der Waals surface area contributed by atoms with E-state index in [1.165, 1.54) is 0 Å². The summed E-state index contributed by atoms with van der Waals surface area (Å²) in [4.78, 5) is 24.6. The summed E-state index contributed by atoms with van der Waals surface area (Å²) in [5.74, 6) is -1.17. The first-order valence-corrected chi connectivity index (χ1v) is 11.2. The van der Waals surface area contributed by atoms with Gasteiger partial charge in [0.05, 0.1) is 6.10 Å². The van der Waals surface area contributed by atoms with Gasteiger partial charge >= 0.3 is 5.97 Å². The Morgan fingerprint density at radius 2 is 1.84 bits per heavy atom. The maximum atomic E-state index is 12.6. The summed E-state index contributed by atoms with van der Waals surface area (Å²) in [5.41, 5.74) is 2.44. The number of aliphatic hydroxyl groups is 4. The van der Waals surface area contributed by atoms with Crippen LogP contribution in [0.1, 0.15) is 64.0 Å². The molecule has 1 rings (SSSR count). The zero-order valence-corrected chi connectivity index (χ0v) is 19.5. The molecule has 0 aliphatic rings. The van der Waals surface area contributed by atoms with E-state index in [1.54, 1.807) is 13.0 Å². The molecule has 4 unspecified atom stereocenters. The monoisotopic (exact) mass is 450 g/mol.